The predicted molar refractivity (Wildman–Crippen MR) is 124 cm³/mol. The van der Waals surface area contributed by atoms with Gasteiger partial charge in [0.25, 0.3) is 0 Å². The van der Waals surface area contributed by atoms with Gasteiger partial charge in [0.1, 0.15) is 17.7 Å². The van der Waals surface area contributed by atoms with E-state index in [1.54, 1.807) is 16.7 Å². The Balaban J connectivity index is 1.35. The monoisotopic (exact) mass is 481 g/mol. The Kier molecular flexibility index (Phi) is 7.02. The molecule has 4 heterocycles. The number of hydrogen-bond donors (Lipinski definition) is 0. The molecule has 1 aromatic rings. The summed E-state index contributed by atoms with van der Waals surface area (Å²) < 4.78 is 32.3. The Bertz CT molecular complexity index is 1020. The summed E-state index contributed by atoms with van der Waals surface area (Å²) in [5, 5.41) is 0.237. The summed E-state index contributed by atoms with van der Waals surface area (Å²) in [4.78, 5) is 24.4. The van der Waals surface area contributed by atoms with E-state index in [1.165, 1.54) is 0 Å². The molecule has 0 radical (unpaired) electrons. The van der Waals surface area contributed by atoms with Gasteiger partial charge in [-0.3, -0.25) is 9.79 Å². The Morgan fingerprint density at radius 3 is 2.72 bits per heavy atom. The highest BCUT2D eigenvalue weighted by Crippen LogP contribution is 2.26. The number of likely N-dealkylation sites (tertiary alicyclic amines) is 1. The lowest BCUT2D eigenvalue weighted by Gasteiger charge is -2.35. The smallest absolute Gasteiger partial charge is 0.215 e. The van der Waals surface area contributed by atoms with Crippen molar-refractivity contribution in [1.82, 2.24) is 14.2 Å². The number of aliphatic imine (C=N–C) groups is 1. The number of Topliss-reactive ketones (excluding diaryl/α,β-unsaturated/α-hetero) is 1. The third-order valence-electron chi connectivity index (χ3n) is 5.87. The van der Waals surface area contributed by atoms with Gasteiger partial charge < -0.3 is 14.5 Å². The van der Waals surface area contributed by atoms with Crippen molar-refractivity contribution >= 4 is 39.3 Å². The standard InChI is InChI=1S/C21H28ClN5O4S/c1-2-11-32(29,30)27-9-7-25(8-10-27)16-3-5-24-20(12-16)31-17-4-6-26(15-17)18-13-23-14-19(28)21(18)22/h3,5,12-13,17H,2,4,6-11,14-15H2,1H3/t17-/m1/s1. The van der Waals surface area contributed by atoms with Crippen LogP contribution < -0.4 is 9.64 Å². The number of ether oxygens (including phenoxy) is 1. The molecular weight excluding hydrogens is 454 g/mol. The first kappa shape index (κ1) is 23.0. The minimum absolute atomic E-state index is 0.0730. The minimum Gasteiger partial charge on any atom is -0.472 e. The first-order valence-corrected chi connectivity index (χ1v) is 12.9. The number of ketones is 1. The molecule has 11 heteroatoms. The molecule has 0 N–H and O–H groups in total. The first-order valence-electron chi connectivity index (χ1n) is 10.9. The van der Waals surface area contributed by atoms with Gasteiger partial charge in [-0.15, -0.1) is 0 Å². The largest absolute Gasteiger partial charge is 0.472 e. The minimum atomic E-state index is -3.16. The summed E-state index contributed by atoms with van der Waals surface area (Å²) >= 11 is 6.18. The van der Waals surface area contributed by atoms with Crippen molar-refractivity contribution in [3.63, 3.8) is 0 Å². The first-order chi connectivity index (χ1) is 15.4. The topological polar surface area (TPSA) is 95.4 Å². The fourth-order valence-corrected chi connectivity index (χ4v) is 5.91. The van der Waals surface area contributed by atoms with E-state index in [9.17, 15) is 13.2 Å². The highest BCUT2D eigenvalue weighted by atomic mass is 35.5. The van der Waals surface area contributed by atoms with E-state index in [0.717, 1.165) is 18.7 Å². The van der Waals surface area contributed by atoms with Crippen molar-refractivity contribution < 1.29 is 17.9 Å². The molecule has 4 rings (SSSR count). The van der Waals surface area contributed by atoms with Crippen LogP contribution in [0.2, 0.25) is 0 Å². The summed E-state index contributed by atoms with van der Waals surface area (Å²) in [5.41, 5.74) is 1.62. The van der Waals surface area contributed by atoms with Crippen LogP contribution in [0.3, 0.4) is 0 Å². The van der Waals surface area contributed by atoms with Crippen LogP contribution in [-0.4, -0.2) is 92.3 Å². The number of sulfonamides is 1. The quantitative estimate of drug-likeness (QED) is 0.582. The van der Waals surface area contributed by atoms with Crippen LogP contribution in [0.15, 0.2) is 34.1 Å². The normalized spacial score (nSPS) is 22.7. The molecule has 0 amide bonds. The van der Waals surface area contributed by atoms with E-state index in [1.807, 2.05) is 24.0 Å². The van der Waals surface area contributed by atoms with E-state index >= 15 is 0 Å². The zero-order valence-electron chi connectivity index (χ0n) is 18.1. The summed E-state index contributed by atoms with van der Waals surface area (Å²) in [5.74, 6) is 0.565. The van der Waals surface area contributed by atoms with Crippen molar-refractivity contribution in [2.24, 2.45) is 4.99 Å². The molecule has 0 unspecified atom stereocenters. The van der Waals surface area contributed by atoms with E-state index < -0.39 is 10.0 Å². The number of carbonyl (C=O) groups excluding carboxylic acids is 1. The zero-order chi connectivity index (χ0) is 22.7. The Labute approximate surface area is 193 Å². The Morgan fingerprint density at radius 1 is 1.19 bits per heavy atom. The van der Waals surface area contributed by atoms with Gasteiger partial charge in [0.15, 0.2) is 5.78 Å². The number of halogens is 1. The van der Waals surface area contributed by atoms with Gasteiger partial charge in [-0.1, -0.05) is 18.5 Å². The molecule has 0 aromatic carbocycles. The number of dihydropyridines is 1. The maximum Gasteiger partial charge on any atom is 0.215 e. The van der Waals surface area contributed by atoms with Crippen LogP contribution >= 0.6 is 11.6 Å². The van der Waals surface area contributed by atoms with Crippen LogP contribution in [0.5, 0.6) is 5.88 Å². The van der Waals surface area contributed by atoms with Crippen LogP contribution in [0.25, 0.3) is 0 Å². The summed E-state index contributed by atoms with van der Waals surface area (Å²) in [6, 6.07) is 3.81. The van der Waals surface area contributed by atoms with Crippen LogP contribution in [-0.2, 0) is 14.8 Å². The summed E-state index contributed by atoms with van der Waals surface area (Å²) in [7, 11) is -3.16. The van der Waals surface area contributed by atoms with E-state index in [0.29, 0.717) is 50.7 Å². The maximum absolute atomic E-state index is 12.3. The molecule has 0 spiro atoms. The van der Waals surface area contributed by atoms with Gasteiger partial charge in [0.2, 0.25) is 15.9 Å². The average Bonchev–Trinajstić information content (AvgIpc) is 3.24. The lowest BCUT2D eigenvalue weighted by molar-refractivity contribution is -0.113. The van der Waals surface area contributed by atoms with Gasteiger partial charge in [-0.25, -0.2) is 13.4 Å². The Morgan fingerprint density at radius 2 is 1.97 bits per heavy atom. The van der Waals surface area contributed by atoms with Gasteiger partial charge in [-0.2, -0.15) is 4.31 Å². The lowest BCUT2D eigenvalue weighted by atomic mass is 10.2. The fraction of sp³-hybridized carbons (Fsp3) is 0.571. The lowest BCUT2D eigenvalue weighted by Crippen LogP contribution is -2.49. The van der Waals surface area contributed by atoms with Gasteiger partial charge in [-0.05, 0) is 12.5 Å². The van der Waals surface area contributed by atoms with Crippen LogP contribution in [0, 0.1) is 0 Å². The van der Waals surface area contributed by atoms with Crippen LogP contribution in [0.4, 0.5) is 5.69 Å². The van der Waals surface area contributed by atoms with Gasteiger partial charge in [0, 0.05) is 63.3 Å². The molecule has 1 atom stereocenters. The SMILES string of the molecule is CCCS(=O)(=O)N1CCN(c2ccnc(O[C@@H]3CCN(C4=C(Cl)C(=O)CN=C4)C3)c2)CC1. The second kappa shape index (κ2) is 9.76. The third kappa shape index (κ3) is 5.07. The van der Waals surface area contributed by atoms with Crippen molar-refractivity contribution in [2.75, 3.05) is 56.5 Å². The number of hydrogen-bond acceptors (Lipinski definition) is 8. The second-order valence-electron chi connectivity index (χ2n) is 8.12. The Hall–Kier alpha value is -2.17. The number of anilines is 1. The molecule has 0 bridgehead atoms. The molecule has 0 aliphatic carbocycles. The van der Waals surface area contributed by atoms with Crippen molar-refractivity contribution in [3.8, 4) is 5.88 Å². The number of allylic oxidation sites excluding steroid dienone is 1. The molecule has 0 saturated carbocycles. The number of piperazine rings is 1. The molecule has 1 aromatic heterocycles. The van der Waals surface area contributed by atoms with Gasteiger partial charge in [0.05, 0.1) is 18.0 Å². The molecule has 3 aliphatic heterocycles. The highest BCUT2D eigenvalue weighted by Gasteiger charge is 2.30. The number of nitrogens with zero attached hydrogens (tertiary/aromatic N) is 5. The number of aromatic nitrogens is 1. The molecular formula is C21H28ClN5O4S. The maximum atomic E-state index is 12.3. The average molecular weight is 482 g/mol. The number of pyridine rings is 1. The van der Waals surface area contributed by atoms with E-state index in [2.05, 4.69) is 14.9 Å². The number of carbonyl (C=O) groups is 1. The molecule has 2 fully saturated rings. The zero-order valence-corrected chi connectivity index (χ0v) is 19.7. The van der Waals surface area contributed by atoms with Gasteiger partial charge >= 0.3 is 0 Å². The molecule has 9 nitrogen and oxygen atoms in total. The van der Waals surface area contributed by atoms with E-state index in [4.69, 9.17) is 16.3 Å². The van der Waals surface area contributed by atoms with Crippen molar-refractivity contribution in [2.45, 2.75) is 25.9 Å². The fourth-order valence-electron chi connectivity index (χ4n) is 4.19. The number of rotatable bonds is 7. The third-order valence-corrected chi connectivity index (χ3v) is 8.35. The summed E-state index contributed by atoms with van der Waals surface area (Å²) in [6.45, 7) is 5.53. The second-order valence-corrected chi connectivity index (χ2v) is 10.6. The van der Waals surface area contributed by atoms with Crippen molar-refractivity contribution in [1.29, 1.82) is 0 Å². The van der Waals surface area contributed by atoms with Crippen molar-refractivity contribution in [3.05, 3.63) is 29.1 Å². The summed E-state index contributed by atoms with van der Waals surface area (Å²) in [6.07, 6.45) is 4.71. The molecule has 32 heavy (non-hydrogen) atoms. The molecule has 2 saturated heterocycles. The molecule has 3 aliphatic rings. The van der Waals surface area contributed by atoms with E-state index in [-0.39, 0.29) is 29.2 Å². The predicted octanol–water partition coefficient (Wildman–Crippen LogP) is 1.50. The van der Waals surface area contributed by atoms with Crippen LogP contribution in [0.1, 0.15) is 19.8 Å². The molecule has 174 valence electrons. The highest BCUT2D eigenvalue weighted by molar-refractivity contribution is 7.89.